The van der Waals surface area contributed by atoms with Crippen LogP contribution in [-0.4, -0.2) is 40.9 Å². The summed E-state index contributed by atoms with van der Waals surface area (Å²) in [7, 11) is 0. The zero-order valence-corrected chi connectivity index (χ0v) is 11.1. The van der Waals surface area contributed by atoms with Gasteiger partial charge in [0, 0.05) is 13.1 Å². The molecule has 4 nitrogen and oxygen atoms in total. The Kier molecular flexibility index (Phi) is 3.43. The molecule has 0 unspecified atom stereocenters. The molecule has 1 fully saturated rings. The minimum Gasteiger partial charge on any atom is -0.352 e. The van der Waals surface area contributed by atoms with Crippen molar-refractivity contribution in [1.29, 1.82) is 0 Å². The van der Waals surface area contributed by atoms with Gasteiger partial charge in [0.05, 0.1) is 0 Å². The summed E-state index contributed by atoms with van der Waals surface area (Å²) in [4.78, 5) is 18.3. The van der Waals surface area contributed by atoms with Gasteiger partial charge >= 0.3 is 0 Å². The smallest absolute Gasteiger partial charge is 0.259 e. The number of morpholine rings is 1. The van der Waals surface area contributed by atoms with E-state index in [1.807, 2.05) is 41.5 Å². The molecule has 1 aliphatic rings. The summed E-state index contributed by atoms with van der Waals surface area (Å²) in [6.07, 6.45) is 0. The summed E-state index contributed by atoms with van der Waals surface area (Å²) in [5.41, 5.74) is -1.28. The number of hydrogen-bond acceptors (Lipinski definition) is 3. The molecule has 1 saturated heterocycles. The zero-order chi connectivity index (χ0) is 12.6. The third-order valence-electron chi connectivity index (χ3n) is 2.69. The molecule has 0 aliphatic carbocycles. The summed E-state index contributed by atoms with van der Waals surface area (Å²) in [6, 6.07) is 0. The van der Waals surface area contributed by atoms with E-state index >= 15 is 0 Å². The van der Waals surface area contributed by atoms with Crippen molar-refractivity contribution in [3.63, 3.8) is 0 Å². The molecule has 4 heteroatoms. The first-order valence-electron chi connectivity index (χ1n) is 5.83. The number of aliphatic imine (C=N–C) groups is 1. The van der Waals surface area contributed by atoms with E-state index in [-0.39, 0.29) is 5.91 Å². The Morgan fingerprint density at radius 3 is 2.19 bits per heavy atom. The first-order valence-corrected chi connectivity index (χ1v) is 5.83. The van der Waals surface area contributed by atoms with E-state index in [2.05, 4.69) is 4.99 Å². The van der Waals surface area contributed by atoms with Crippen LogP contribution >= 0.6 is 0 Å². The summed E-state index contributed by atoms with van der Waals surface area (Å²) < 4.78 is 5.85. The summed E-state index contributed by atoms with van der Waals surface area (Å²) >= 11 is 0. The highest BCUT2D eigenvalue weighted by atomic mass is 16.5. The average Bonchev–Trinajstić information content (AvgIpc) is 2.14. The quantitative estimate of drug-likeness (QED) is 0.721. The first-order chi connectivity index (χ1) is 7.26. The maximum Gasteiger partial charge on any atom is 0.259 e. The van der Waals surface area contributed by atoms with Gasteiger partial charge in [-0.2, -0.15) is 0 Å². The van der Waals surface area contributed by atoms with E-state index in [1.165, 1.54) is 0 Å². The number of rotatable bonds is 2. The van der Waals surface area contributed by atoms with Crippen molar-refractivity contribution in [2.24, 2.45) is 4.99 Å². The lowest BCUT2D eigenvalue weighted by Crippen LogP contribution is -2.64. The number of ether oxygens (including phenoxy) is 1. The van der Waals surface area contributed by atoms with Crippen molar-refractivity contribution < 1.29 is 9.53 Å². The molecule has 0 aromatic rings. The molecular formula is C12H22N2O2. The Bertz CT molecular complexity index is 319. The highest BCUT2D eigenvalue weighted by molar-refractivity contribution is 6.07. The van der Waals surface area contributed by atoms with Gasteiger partial charge in [-0.1, -0.05) is 0 Å². The SMILES string of the molecule is CCN=C1N(CC)C(=O)C(C)(C)OC1(C)C. The highest BCUT2D eigenvalue weighted by Crippen LogP contribution is 2.31. The fourth-order valence-corrected chi connectivity index (χ4v) is 2.19. The Morgan fingerprint density at radius 1 is 1.19 bits per heavy atom. The van der Waals surface area contributed by atoms with Crippen LogP contribution in [0.3, 0.4) is 0 Å². The maximum atomic E-state index is 12.2. The topological polar surface area (TPSA) is 41.9 Å². The number of carbonyl (C=O) groups is 1. The first kappa shape index (κ1) is 13.2. The lowest BCUT2D eigenvalue weighted by Gasteiger charge is -2.46. The number of amides is 1. The van der Waals surface area contributed by atoms with Crippen LogP contribution < -0.4 is 0 Å². The van der Waals surface area contributed by atoms with E-state index in [9.17, 15) is 4.79 Å². The molecule has 1 aliphatic heterocycles. The van der Waals surface area contributed by atoms with Crippen molar-refractivity contribution >= 4 is 11.7 Å². The van der Waals surface area contributed by atoms with Crippen LogP contribution in [-0.2, 0) is 9.53 Å². The molecular weight excluding hydrogens is 204 g/mol. The summed E-state index contributed by atoms with van der Waals surface area (Å²) in [6.45, 7) is 12.7. The van der Waals surface area contributed by atoms with Crippen LogP contribution in [0, 0.1) is 0 Å². The molecule has 0 N–H and O–H groups in total. The fraction of sp³-hybridized carbons (Fsp3) is 0.833. The normalized spacial score (nSPS) is 26.2. The average molecular weight is 226 g/mol. The molecule has 0 aromatic heterocycles. The molecule has 0 spiro atoms. The second-order valence-electron chi connectivity index (χ2n) is 4.97. The van der Waals surface area contributed by atoms with Gasteiger partial charge in [0.1, 0.15) is 17.0 Å². The van der Waals surface area contributed by atoms with Gasteiger partial charge in [0.2, 0.25) is 0 Å². The standard InChI is InChI=1S/C12H22N2O2/c1-7-13-9-11(3,4)16-12(5,6)10(15)14(9)8-2/h7-8H2,1-6H3. The van der Waals surface area contributed by atoms with E-state index in [4.69, 9.17) is 4.74 Å². The Balaban J connectivity index is 3.19. The fourth-order valence-electron chi connectivity index (χ4n) is 2.19. The molecule has 0 atom stereocenters. The zero-order valence-electron chi connectivity index (χ0n) is 11.1. The predicted molar refractivity (Wildman–Crippen MR) is 64.6 cm³/mol. The Morgan fingerprint density at radius 2 is 1.75 bits per heavy atom. The molecule has 0 aromatic carbocycles. The van der Waals surface area contributed by atoms with Gasteiger partial charge in [-0.3, -0.25) is 14.7 Å². The second-order valence-corrected chi connectivity index (χ2v) is 4.97. The third kappa shape index (κ3) is 2.12. The molecule has 1 amide bonds. The van der Waals surface area contributed by atoms with Crippen LogP contribution in [0.2, 0.25) is 0 Å². The van der Waals surface area contributed by atoms with Crippen molar-refractivity contribution in [2.45, 2.75) is 52.7 Å². The third-order valence-corrected chi connectivity index (χ3v) is 2.69. The van der Waals surface area contributed by atoms with Crippen molar-refractivity contribution in [3.8, 4) is 0 Å². The van der Waals surface area contributed by atoms with Crippen molar-refractivity contribution in [3.05, 3.63) is 0 Å². The van der Waals surface area contributed by atoms with Crippen molar-refractivity contribution in [1.82, 2.24) is 4.90 Å². The number of carbonyl (C=O) groups excluding carboxylic acids is 1. The number of amidine groups is 1. The van der Waals surface area contributed by atoms with E-state index < -0.39 is 11.2 Å². The molecule has 1 heterocycles. The molecule has 16 heavy (non-hydrogen) atoms. The van der Waals surface area contributed by atoms with Crippen LogP contribution in [0.1, 0.15) is 41.5 Å². The van der Waals surface area contributed by atoms with E-state index in [0.717, 1.165) is 5.84 Å². The minimum atomic E-state index is -0.772. The largest absolute Gasteiger partial charge is 0.352 e. The second kappa shape index (κ2) is 4.17. The molecule has 0 bridgehead atoms. The monoisotopic (exact) mass is 226 g/mol. The van der Waals surface area contributed by atoms with Crippen molar-refractivity contribution in [2.75, 3.05) is 13.1 Å². The molecule has 0 saturated carbocycles. The molecule has 92 valence electrons. The number of likely N-dealkylation sites (N-methyl/N-ethyl adjacent to an activating group) is 1. The van der Waals surface area contributed by atoms with Crippen LogP contribution in [0.25, 0.3) is 0 Å². The minimum absolute atomic E-state index is 0.0125. The van der Waals surface area contributed by atoms with Gasteiger partial charge in [0.25, 0.3) is 5.91 Å². The summed E-state index contributed by atoms with van der Waals surface area (Å²) in [5.74, 6) is 0.725. The van der Waals surface area contributed by atoms with Gasteiger partial charge in [-0.25, -0.2) is 0 Å². The lowest BCUT2D eigenvalue weighted by atomic mass is 9.96. The van der Waals surface area contributed by atoms with Gasteiger partial charge in [-0.15, -0.1) is 0 Å². The number of hydrogen-bond donors (Lipinski definition) is 0. The molecule has 1 rings (SSSR count). The Labute approximate surface area is 97.7 Å². The molecule has 0 radical (unpaired) electrons. The van der Waals surface area contributed by atoms with Gasteiger partial charge in [0.15, 0.2) is 0 Å². The van der Waals surface area contributed by atoms with E-state index in [1.54, 1.807) is 4.90 Å². The van der Waals surface area contributed by atoms with Gasteiger partial charge in [-0.05, 0) is 41.5 Å². The van der Waals surface area contributed by atoms with Gasteiger partial charge < -0.3 is 4.74 Å². The lowest BCUT2D eigenvalue weighted by molar-refractivity contribution is -0.171. The Hall–Kier alpha value is -0.900. The van der Waals surface area contributed by atoms with Crippen LogP contribution in [0.4, 0.5) is 0 Å². The van der Waals surface area contributed by atoms with Crippen LogP contribution in [0.15, 0.2) is 4.99 Å². The summed E-state index contributed by atoms with van der Waals surface area (Å²) in [5, 5.41) is 0. The maximum absolute atomic E-state index is 12.2. The van der Waals surface area contributed by atoms with Crippen LogP contribution in [0.5, 0.6) is 0 Å². The highest BCUT2D eigenvalue weighted by Gasteiger charge is 2.48. The number of nitrogens with zero attached hydrogens (tertiary/aromatic N) is 2. The van der Waals surface area contributed by atoms with E-state index in [0.29, 0.717) is 13.1 Å². The predicted octanol–water partition coefficient (Wildman–Crippen LogP) is 1.84.